The summed E-state index contributed by atoms with van der Waals surface area (Å²) in [5, 5.41) is 20.3. The Balaban J connectivity index is 1.56. The van der Waals surface area contributed by atoms with Gasteiger partial charge in [0.1, 0.15) is 0 Å². The highest BCUT2D eigenvalue weighted by atomic mass is 16.4. The molecule has 0 aromatic rings. The molecule has 3 nitrogen and oxygen atoms in total. The lowest BCUT2D eigenvalue weighted by molar-refractivity contribution is -0.164. The van der Waals surface area contributed by atoms with Gasteiger partial charge in [0.05, 0.1) is 6.10 Å². The fourth-order valence-electron chi connectivity index (χ4n) is 8.78. The number of hydrogen-bond acceptors (Lipinski definition) is 2. The van der Waals surface area contributed by atoms with E-state index in [0.29, 0.717) is 46.8 Å². The topological polar surface area (TPSA) is 57.5 Å². The molecule has 154 valence electrons. The SMILES string of the molecule is C[C@H](CCC(=O)O)[C@H]1CC[C@H]2C3[C@@H](O)C[C@@H]4CCCC[C@]4(C)[C@H]3CC[C@]12C. The Bertz CT molecular complexity index is 574. The molecule has 0 amide bonds. The zero-order valence-corrected chi connectivity index (χ0v) is 17.6. The van der Waals surface area contributed by atoms with Gasteiger partial charge in [-0.3, -0.25) is 4.79 Å². The maximum absolute atomic E-state index is 11.2. The van der Waals surface area contributed by atoms with Crippen LogP contribution in [0.15, 0.2) is 0 Å². The molecule has 0 aromatic heterocycles. The number of aliphatic hydroxyl groups excluding tert-OH is 1. The molecule has 0 bridgehead atoms. The standard InChI is InChI=1S/C24H40O3/c1-15(7-10-21(26)27)17-8-9-18-22-19(11-13-24(17,18)3)23(2)12-5-4-6-16(23)14-20(22)25/h15-20,22,25H,4-14H2,1-3H3,(H,26,27)/t15-,16+,17-,18+,19+,20+,22?,23+,24-/m1/s1. The van der Waals surface area contributed by atoms with E-state index >= 15 is 0 Å². The van der Waals surface area contributed by atoms with Crippen molar-refractivity contribution in [2.75, 3.05) is 0 Å². The molecule has 4 rings (SSSR count). The van der Waals surface area contributed by atoms with E-state index < -0.39 is 5.97 Å². The summed E-state index contributed by atoms with van der Waals surface area (Å²) in [6.45, 7) is 7.33. The zero-order chi connectivity index (χ0) is 19.4. The molecular formula is C24H40O3. The second-order valence-corrected chi connectivity index (χ2v) is 11.2. The summed E-state index contributed by atoms with van der Waals surface area (Å²) in [6, 6.07) is 0. The number of fused-ring (bicyclic) bond motifs is 5. The minimum atomic E-state index is -0.663. The highest BCUT2D eigenvalue weighted by molar-refractivity contribution is 5.66. The molecule has 2 N–H and O–H groups in total. The molecule has 0 radical (unpaired) electrons. The second kappa shape index (κ2) is 7.04. The molecule has 0 aliphatic heterocycles. The number of hydrogen-bond donors (Lipinski definition) is 2. The number of carboxylic acid groups (broad SMARTS) is 1. The second-order valence-electron chi connectivity index (χ2n) is 11.2. The summed E-state index contributed by atoms with van der Waals surface area (Å²) in [6.07, 6.45) is 12.5. The van der Waals surface area contributed by atoms with Crippen LogP contribution in [0.2, 0.25) is 0 Å². The van der Waals surface area contributed by atoms with Gasteiger partial charge >= 0.3 is 5.97 Å². The van der Waals surface area contributed by atoms with Crippen LogP contribution in [0.3, 0.4) is 0 Å². The molecule has 0 heterocycles. The van der Waals surface area contributed by atoms with Gasteiger partial charge in [-0.1, -0.05) is 33.6 Å². The third-order valence-corrected chi connectivity index (χ3v) is 10.2. The van der Waals surface area contributed by atoms with Crippen molar-refractivity contribution >= 4 is 5.97 Å². The van der Waals surface area contributed by atoms with E-state index in [2.05, 4.69) is 20.8 Å². The first-order chi connectivity index (χ1) is 12.8. The zero-order valence-electron chi connectivity index (χ0n) is 17.6. The lowest BCUT2D eigenvalue weighted by Gasteiger charge is -2.62. The fraction of sp³-hybridized carbons (Fsp3) is 0.958. The van der Waals surface area contributed by atoms with Crippen LogP contribution in [0.1, 0.15) is 91.4 Å². The number of carbonyl (C=O) groups is 1. The van der Waals surface area contributed by atoms with E-state index in [0.717, 1.165) is 18.8 Å². The Morgan fingerprint density at radius 2 is 1.78 bits per heavy atom. The molecule has 1 unspecified atom stereocenters. The molecule has 3 heteroatoms. The van der Waals surface area contributed by atoms with Gasteiger partial charge in [0.15, 0.2) is 0 Å². The number of aliphatic carboxylic acids is 1. The first kappa shape index (κ1) is 19.7. The average molecular weight is 377 g/mol. The minimum Gasteiger partial charge on any atom is -0.481 e. The third kappa shape index (κ3) is 3.07. The lowest BCUT2D eigenvalue weighted by atomic mass is 9.44. The normalized spacial score (nSPS) is 50.4. The summed E-state index contributed by atoms with van der Waals surface area (Å²) >= 11 is 0. The van der Waals surface area contributed by atoms with Crippen molar-refractivity contribution in [2.24, 2.45) is 46.3 Å². The molecule has 0 saturated heterocycles. The summed E-state index contributed by atoms with van der Waals surface area (Å²) < 4.78 is 0. The van der Waals surface area contributed by atoms with E-state index in [1.165, 1.54) is 51.4 Å². The molecule has 4 fully saturated rings. The van der Waals surface area contributed by atoms with E-state index in [9.17, 15) is 9.90 Å². The molecule has 4 aliphatic carbocycles. The smallest absolute Gasteiger partial charge is 0.303 e. The van der Waals surface area contributed by atoms with Gasteiger partial charge in [-0.05, 0) is 97.7 Å². The molecule has 9 atom stereocenters. The van der Waals surface area contributed by atoms with Gasteiger partial charge in [0.25, 0.3) is 0 Å². The van der Waals surface area contributed by atoms with E-state index in [4.69, 9.17) is 5.11 Å². The Labute approximate surface area is 165 Å². The molecule has 27 heavy (non-hydrogen) atoms. The van der Waals surface area contributed by atoms with Crippen molar-refractivity contribution < 1.29 is 15.0 Å². The van der Waals surface area contributed by atoms with E-state index in [-0.39, 0.29) is 6.10 Å². The Hall–Kier alpha value is -0.570. The average Bonchev–Trinajstić information content (AvgIpc) is 2.97. The maximum Gasteiger partial charge on any atom is 0.303 e. The Morgan fingerprint density at radius 3 is 2.52 bits per heavy atom. The predicted molar refractivity (Wildman–Crippen MR) is 107 cm³/mol. The molecule has 0 spiro atoms. The summed E-state index contributed by atoms with van der Waals surface area (Å²) in [7, 11) is 0. The number of aliphatic hydroxyl groups is 1. The lowest BCUT2D eigenvalue weighted by Crippen LogP contribution is -2.57. The summed E-state index contributed by atoms with van der Waals surface area (Å²) in [5.41, 5.74) is 0.758. The first-order valence-electron chi connectivity index (χ1n) is 11.7. The summed E-state index contributed by atoms with van der Waals surface area (Å²) in [4.78, 5) is 11.0. The van der Waals surface area contributed by atoms with Gasteiger partial charge in [-0.15, -0.1) is 0 Å². The monoisotopic (exact) mass is 376 g/mol. The van der Waals surface area contributed by atoms with Crippen LogP contribution in [0.25, 0.3) is 0 Å². The van der Waals surface area contributed by atoms with Gasteiger partial charge in [-0.2, -0.15) is 0 Å². The van der Waals surface area contributed by atoms with Crippen LogP contribution in [0.4, 0.5) is 0 Å². The van der Waals surface area contributed by atoms with Crippen molar-refractivity contribution in [1.82, 2.24) is 0 Å². The molecule has 4 saturated carbocycles. The Morgan fingerprint density at radius 1 is 1.04 bits per heavy atom. The number of carboxylic acids is 1. The molecule has 4 aliphatic rings. The largest absolute Gasteiger partial charge is 0.481 e. The van der Waals surface area contributed by atoms with Crippen LogP contribution >= 0.6 is 0 Å². The third-order valence-electron chi connectivity index (χ3n) is 10.2. The van der Waals surface area contributed by atoms with Gasteiger partial charge in [0.2, 0.25) is 0 Å². The Kier molecular flexibility index (Phi) is 5.15. The van der Waals surface area contributed by atoms with Gasteiger partial charge < -0.3 is 10.2 Å². The first-order valence-corrected chi connectivity index (χ1v) is 11.7. The molecule has 0 aromatic carbocycles. The van der Waals surface area contributed by atoms with Crippen molar-refractivity contribution in [3.05, 3.63) is 0 Å². The van der Waals surface area contributed by atoms with Gasteiger partial charge in [0, 0.05) is 6.42 Å². The van der Waals surface area contributed by atoms with E-state index in [1.807, 2.05) is 0 Å². The van der Waals surface area contributed by atoms with Crippen molar-refractivity contribution in [1.29, 1.82) is 0 Å². The predicted octanol–water partition coefficient (Wildman–Crippen LogP) is 5.51. The van der Waals surface area contributed by atoms with Crippen molar-refractivity contribution in [3.8, 4) is 0 Å². The van der Waals surface area contributed by atoms with Crippen molar-refractivity contribution in [3.63, 3.8) is 0 Å². The number of rotatable bonds is 4. The van der Waals surface area contributed by atoms with Crippen molar-refractivity contribution in [2.45, 2.75) is 97.5 Å². The highest BCUT2D eigenvalue weighted by Crippen LogP contribution is 2.68. The summed E-state index contributed by atoms with van der Waals surface area (Å²) in [5.74, 6) is 3.02. The molecular weight excluding hydrogens is 336 g/mol. The van der Waals surface area contributed by atoms with Crippen LogP contribution in [0.5, 0.6) is 0 Å². The van der Waals surface area contributed by atoms with Crippen LogP contribution < -0.4 is 0 Å². The van der Waals surface area contributed by atoms with Crippen LogP contribution in [-0.2, 0) is 4.79 Å². The minimum absolute atomic E-state index is 0.108. The highest BCUT2D eigenvalue weighted by Gasteiger charge is 2.62. The maximum atomic E-state index is 11.2. The van der Waals surface area contributed by atoms with E-state index in [1.54, 1.807) is 0 Å². The quantitative estimate of drug-likeness (QED) is 0.680. The van der Waals surface area contributed by atoms with Crippen LogP contribution in [-0.4, -0.2) is 22.3 Å². The fourth-order valence-corrected chi connectivity index (χ4v) is 8.78. The van der Waals surface area contributed by atoms with Crippen LogP contribution in [0, 0.1) is 46.3 Å². The van der Waals surface area contributed by atoms with Gasteiger partial charge in [-0.25, -0.2) is 0 Å².